The van der Waals surface area contributed by atoms with Crippen LogP contribution in [0.2, 0.25) is 0 Å². The summed E-state index contributed by atoms with van der Waals surface area (Å²) < 4.78 is 0. The Morgan fingerprint density at radius 1 is 0.737 bits per heavy atom. The molecule has 0 radical (unpaired) electrons. The van der Waals surface area contributed by atoms with E-state index in [1.165, 1.54) is 57.4 Å². The van der Waals surface area contributed by atoms with E-state index in [0.29, 0.717) is 0 Å². The molecular weight excluding hydrogens is 240 g/mol. The number of unbranched alkanes of at least 4 members (excludes halogenated alkanes) is 11. The molecule has 0 saturated heterocycles. The van der Waals surface area contributed by atoms with Crippen LogP contribution in [-0.4, -0.2) is 17.4 Å². The van der Waals surface area contributed by atoms with Crippen LogP contribution in [0.1, 0.15) is 77.0 Å². The topological polar surface area (TPSA) is 54.4 Å². The molecule has 0 aromatic carbocycles. The molecule has 0 aliphatic rings. The summed E-state index contributed by atoms with van der Waals surface area (Å²) >= 11 is 0. The molecule has 0 fully saturated rings. The molecule has 1 N–H and O–H groups in total. The highest BCUT2D eigenvalue weighted by molar-refractivity contribution is 5.79. The Hall–Kier alpha value is -1.12. The van der Waals surface area contributed by atoms with E-state index in [2.05, 4.69) is 0 Å². The third kappa shape index (κ3) is 16.9. The summed E-state index contributed by atoms with van der Waals surface area (Å²) in [4.78, 5) is 20.3. The molecule has 0 bridgehead atoms. The van der Waals surface area contributed by atoms with Crippen molar-refractivity contribution in [2.45, 2.75) is 77.0 Å². The van der Waals surface area contributed by atoms with Gasteiger partial charge in [0.05, 0.1) is 0 Å². The fourth-order valence-electron chi connectivity index (χ4n) is 2.09. The Labute approximate surface area is 117 Å². The van der Waals surface area contributed by atoms with Crippen molar-refractivity contribution in [3.05, 3.63) is 12.2 Å². The lowest BCUT2D eigenvalue weighted by atomic mass is 10.1. The lowest BCUT2D eigenvalue weighted by Crippen LogP contribution is -1.86. The van der Waals surface area contributed by atoms with Crippen molar-refractivity contribution in [3.63, 3.8) is 0 Å². The molecule has 0 heterocycles. The van der Waals surface area contributed by atoms with Crippen molar-refractivity contribution in [1.82, 2.24) is 0 Å². The fourth-order valence-corrected chi connectivity index (χ4v) is 2.09. The zero-order chi connectivity index (χ0) is 14.2. The number of aliphatic carboxylic acids is 1. The molecule has 0 spiro atoms. The van der Waals surface area contributed by atoms with E-state index in [4.69, 9.17) is 5.11 Å². The Kier molecular flexibility index (Phi) is 14.1. The number of carboxylic acid groups (broad SMARTS) is 1. The molecule has 0 unspecified atom stereocenters. The summed E-state index contributed by atoms with van der Waals surface area (Å²) in [5, 5.41) is 8.40. The summed E-state index contributed by atoms with van der Waals surface area (Å²) in [6.07, 6.45) is 17.8. The van der Waals surface area contributed by atoms with Crippen LogP contribution >= 0.6 is 0 Å². The van der Waals surface area contributed by atoms with Crippen LogP contribution in [0.3, 0.4) is 0 Å². The highest BCUT2D eigenvalue weighted by atomic mass is 16.4. The Morgan fingerprint density at radius 3 is 1.58 bits per heavy atom. The van der Waals surface area contributed by atoms with Crippen molar-refractivity contribution >= 4 is 12.3 Å². The Bertz CT molecular complexity index is 246. The highest BCUT2D eigenvalue weighted by Gasteiger charge is 1.93. The predicted octanol–water partition coefficient (Wildman–Crippen LogP) is 4.51. The van der Waals surface area contributed by atoms with Gasteiger partial charge in [0.2, 0.25) is 0 Å². The molecule has 0 amide bonds. The van der Waals surface area contributed by atoms with E-state index < -0.39 is 5.97 Å². The van der Waals surface area contributed by atoms with Crippen molar-refractivity contribution in [2.24, 2.45) is 0 Å². The van der Waals surface area contributed by atoms with Gasteiger partial charge in [-0.05, 0) is 19.3 Å². The normalized spacial score (nSPS) is 10.9. The minimum Gasteiger partial charge on any atom is -0.478 e. The molecule has 19 heavy (non-hydrogen) atoms. The first-order chi connectivity index (χ1) is 9.27. The van der Waals surface area contributed by atoms with Gasteiger partial charge in [0.15, 0.2) is 0 Å². The van der Waals surface area contributed by atoms with Crippen LogP contribution in [0.4, 0.5) is 0 Å². The number of aldehydes is 1. The van der Waals surface area contributed by atoms with Crippen LogP contribution in [0, 0.1) is 0 Å². The predicted molar refractivity (Wildman–Crippen MR) is 78.2 cm³/mol. The van der Waals surface area contributed by atoms with Gasteiger partial charge in [0, 0.05) is 12.5 Å². The van der Waals surface area contributed by atoms with E-state index in [9.17, 15) is 9.59 Å². The third-order valence-corrected chi connectivity index (χ3v) is 3.20. The molecule has 0 aromatic rings. The quantitative estimate of drug-likeness (QED) is 0.286. The average Bonchev–Trinajstić information content (AvgIpc) is 2.39. The van der Waals surface area contributed by atoms with Crippen LogP contribution in [-0.2, 0) is 9.59 Å². The maximum atomic E-state index is 10.2. The van der Waals surface area contributed by atoms with Gasteiger partial charge in [-0.2, -0.15) is 0 Å². The number of carbonyl (C=O) groups excluding carboxylic acids is 1. The van der Waals surface area contributed by atoms with Gasteiger partial charge < -0.3 is 9.90 Å². The molecule has 3 nitrogen and oxygen atoms in total. The van der Waals surface area contributed by atoms with E-state index >= 15 is 0 Å². The van der Waals surface area contributed by atoms with Gasteiger partial charge in [0.1, 0.15) is 6.29 Å². The summed E-state index contributed by atoms with van der Waals surface area (Å²) in [5.41, 5.74) is 0. The Balaban J connectivity index is 3.02. The number of carboxylic acids is 1. The second-order valence-corrected chi connectivity index (χ2v) is 5.02. The molecule has 0 atom stereocenters. The smallest absolute Gasteiger partial charge is 0.327 e. The number of hydrogen-bond acceptors (Lipinski definition) is 2. The van der Waals surface area contributed by atoms with E-state index in [-0.39, 0.29) is 0 Å². The lowest BCUT2D eigenvalue weighted by Gasteiger charge is -2.01. The van der Waals surface area contributed by atoms with E-state index in [0.717, 1.165) is 32.0 Å². The number of carbonyl (C=O) groups is 2. The van der Waals surface area contributed by atoms with Crippen molar-refractivity contribution in [2.75, 3.05) is 0 Å². The SMILES string of the molecule is O=CCCCCCCCCCCCCC=CC(=O)O. The van der Waals surface area contributed by atoms with Crippen molar-refractivity contribution < 1.29 is 14.7 Å². The maximum Gasteiger partial charge on any atom is 0.327 e. The van der Waals surface area contributed by atoms with Crippen LogP contribution < -0.4 is 0 Å². The van der Waals surface area contributed by atoms with Gasteiger partial charge in [-0.15, -0.1) is 0 Å². The lowest BCUT2D eigenvalue weighted by molar-refractivity contribution is -0.131. The minimum absolute atomic E-state index is 0.719. The first kappa shape index (κ1) is 17.9. The minimum atomic E-state index is -0.854. The maximum absolute atomic E-state index is 10.2. The molecule has 0 aliphatic heterocycles. The molecule has 0 aliphatic carbocycles. The Morgan fingerprint density at radius 2 is 1.16 bits per heavy atom. The van der Waals surface area contributed by atoms with Gasteiger partial charge in [-0.25, -0.2) is 4.79 Å². The first-order valence-corrected chi connectivity index (χ1v) is 7.60. The first-order valence-electron chi connectivity index (χ1n) is 7.60. The second-order valence-electron chi connectivity index (χ2n) is 5.02. The number of rotatable bonds is 14. The third-order valence-electron chi connectivity index (χ3n) is 3.20. The summed E-state index contributed by atoms with van der Waals surface area (Å²) in [6.45, 7) is 0. The van der Waals surface area contributed by atoms with Crippen molar-refractivity contribution in [1.29, 1.82) is 0 Å². The molecule has 0 aromatic heterocycles. The zero-order valence-electron chi connectivity index (χ0n) is 12.0. The standard InChI is InChI=1S/C16H28O3/c17-15-13-11-9-7-5-3-1-2-4-6-8-10-12-14-16(18)19/h12,14-15H,1-11,13H2,(H,18,19). The fraction of sp³-hybridized carbons (Fsp3) is 0.750. The number of allylic oxidation sites excluding steroid dienone is 1. The van der Waals surface area contributed by atoms with Gasteiger partial charge in [0.25, 0.3) is 0 Å². The van der Waals surface area contributed by atoms with Crippen LogP contribution in [0.5, 0.6) is 0 Å². The van der Waals surface area contributed by atoms with E-state index in [1.54, 1.807) is 6.08 Å². The van der Waals surface area contributed by atoms with Crippen LogP contribution in [0.15, 0.2) is 12.2 Å². The largest absolute Gasteiger partial charge is 0.478 e. The van der Waals surface area contributed by atoms with Gasteiger partial charge in [-0.1, -0.05) is 57.4 Å². The second kappa shape index (κ2) is 14.9. The average molecular weight is 268 g/mol. The van der Waals surface area contributed by atoms with Gasteiger partial charge in [-0.3, -0.25) is 0 Å². The number of hydrogen-bond donors (Lipinski definition) is 1. The monoisotopic (exact) mass is 268 g/mol. The van der Waals surface area contributed by atoms with Gasteiger partial charge >= 0.3 is 5.97 Å². The van der Waals surface area contributed by atoms with E-state index in [1.807, 2.05) is 0 Å². The summed E-state index contributed by atoms with van der Waals surface area (Å²) in [7, 11) is 0. The molecule has 3 heteroatoms. The molecule has 0 saturated carbocycles. The summed E-state index contributed by atoms with van der Waals surface area (Å²) in [5.74, 6) is -0.854. The summed E-state index contributed by atoms with van der Waals surface area (Å²) in [6, 6.07) is 0. The molecule has 110 valence electrons. The highest BCUT2D eigenvalue weighted by Crippen LogP contribution is 2.11. The zero-order valence-corrected chi connectivity index (χ0v) is 12.0. The van der Waals surface area contributed by atoms with Crippen molar-refractivity contribution in [3.8, 4) is 0 Å². The molecular formula is C16H28O3. The molecule has 0 rings (SSSR count). The van der Waals surface area contributed by atoms with Crippen LogP contribution in [0.25, 0.3) is 0 Å².